The molecule has 1 atom stereocenters. The molecule has 126 valence electrons. The van der Waals surface area contributed by atoms with E-state index in [4.69, 9.17) is 22.1 Å². The molecule has 0 spiro atoms. The van der Waals surface area contributed by atoms with Crippen molar-refractivity contribution in [2.75, 3.05) is 5.32 Å². The normalized spacial score (nSPS) is 11.6. The molecule has 3 aromatic rings. The minimum absolute atomic E-state index is 0.442. The van der Waals surface area contributed by atoms with E-state index < -0.39 is 11.9 Å². The van der Waals surface area contributed by atoms with Crippen LogP contribution in [0.1, 0.15) is 11.6 Å². The van der Waals surface area contributed by atoms with Gasteiger partial charge >= 0.3 is 0 Å². The largest absolute Gasteiger partial charge is 0.456 e. The third kappa shape index (κ3) is 4.31. The molecule has 0 saturated carbocycles. The predicted molar refractivity (Wildman–Crippen MR) is 100.0 cm³/mol. The number of benzene rings is 3. The molecule has 4 nitrogen and oxygen atoms in total. The van der Waals surface area contributed by atoms with Gasteiger partial charge in [0.1, 0.15) is 17.5 Å². The summed E-state index contributed by atoms with van der Waals surface area (Å²) in [6, 6.07) is 23.3. The Labute approximate surface area is 151 Å². The lowest BCUT2D eigenvalue weighted by atomic mass is 10.1. The topological polar surface area (TPSA) is 64.4 Å². The van der Waals surface area contributed by atoms with E-state index in [2.05, 4.69) is 5.32 Å². The number of hydrogen-bond donors (Lipinski definition) is 2. The first kappa shape index (κ1) is 16.9. The Balaban J connectivity index is 1.73. The summed E-state index contributed by atoms with van der Waals surface area (Å²) in [4.78, 5) is 11.8. The Bertz CT molecular complexity index is 851. The van der Waals surface area contributed by atoms with Crippen molar-refractivity contribution in [3.8, 4) is 11.5 Å². The van der Waals surface area contributed by atoms with Gasteiger partial charge in [-0.05, 0) is 42.0 Å². The quantitative estimate of drug-likeness (QED) is 0.671. The van der Waals surface area contributed by atoms with E-state index in [0.717, 1.165) is 11.3 Å². The van der Waals surface area contributed by atoms with Gasteiger partial charge in [-0.2, -0.15) is 0 Å². The van der Waals surface area contributed by atoms with Crippen molar-refractivity contribution in [1.29, 1.82) is 0 Å². The van der Waals surface area contributed by atoms with Crippen LogP contribution in [0.25, 0.3) is 0 Å². The van der Waals surface area contributed by atoms with Gasteiger partial charge in [-0.25, -0.2) is 0 Å². The van der Waals surface area contributed by atoms with Crippen molar-refractivity contribution in [2.45, 2.75) is 6.04 Å². The number of nitrogens with two attached hydrogens (primary N) is 1. The fraction of sp³-hybridized carbons (Fsp3) is 0.0500. The second kappa shape index (κ2) is 7.73. The summed E-state index contributed by atoms with van der Waals surface area (Å²) in [5.74, 6) is 0.792. The first-order valence-corrected chi connectivity index (χ1v) is 8.14. The van der Waals surface area contributed by atoms with Crippen molar-refractivity contribution in [2.24, 2.45) is 5.73 Å². The highest BCUT2D eigenvalue weighted by Gasteiger charge is 2.17. The predicted octanol–water partition coefficient (Wildman–Crippen LogP) is 4.77. The standard InChI is InChI=1S/C20H17ClN2O2/c21-17-8-4-5-9-18(17)25-16-12-10-15(11-13-16)23-19(20(22)24)14-6-2-1-3-7-14/h1-13,19,23H,(H2,22,24)/t19-/m0/s1. The lowest BCUT2D eigenvalue weighted by molar-refractivity contribution is -0.118. The lowest BCUT2D eigenvalue weighted by Gasteiger charge is -2.17. The van der Waals surface area contributed by atoms with Crippen LogP contribution in [0.5, 0.6) is 11.5 Å². The summed E-state index contributed by atoms with van der Waals surface area (Å²) >= 11 is 6.09. The van der Waals surface area contributed by atoms with Crippen molar-refractivity contribution < 1.29 is 9.53 Å². The Morgan fingerprint density at radius 1 is 0.920 bits per heavy atom. The van der Waals surface area contributed by atoms with Gasteiger partial charge in [-0.15, -0.1) is 0 Å². The highest BCUT2D eigenvalue weighted by molar-refractivity contribution is 6.32. The number of carbonyl (C=O) groups excluding carboxylic acids is 1. The van der Waals surface area contributed by atoms with Gasteiger partial charge in [0, 0.05) is 5.69 Å². The Morgan fingerprint density at radius 3 is 2.20 bits per heavy atom. The fourth-order valence-corrected chi connectivity index (χ4v) is 2.58. The number of nitrogens with one attached hydrogen (secondary N) is 1. The van der Waals surface area contributed by atoms with Gasteiger partial charge in [0.25, 0.3) is 0 Å². The van der Waals surface area contributed by atoms with Crippen LogP contribution in [-0.2, 0) is 4.79 Å². The van der Waals surface area contributed by atoms with Gasteiger partial charge in [-0.3, -0.25) is 4.79 Å². The maximum atomic E-state index is 11.8. The fourth-order valence-electron chi connectivity index (χ4n) is 2.40. The number of carbonyl (C=O) groups is 1. The molecule has 5 heteroatoms. The molecule has 1 amide bonds. The van der Waals surface area contributed by atoms with Crippen LogP contribution in [0.15, 0.2) is 78.9 Å². The van der Waals surface area contributed by atoms with E-state index in [-0.39, 0.29) is 0 Å². The van der Waals surface area contributed by atoms with Crippen LogP contribution in [-0.4, -0.2) is 5.91 Å². The summed E-state index contributed by atoms with van der Waals surface area (Å²) in [6.45, 7) is 0. The van der Waals surface area contributed by atoms with Gasteiger partial charge in [0.05, 0.1) is 5.02 Å². The minimum Gasteiger partial charge on any atom is -0.456 e. The molecule has 0 aliphatic carbocycles. The van der Waals surface area contributed by atoms with Gasteiger partial charge in [0.15, 0.2) is 0 Å². The van der Waals surface area contributed by atoms with Gasteiger partial charge in [-0.1, -0.05) is 54.1 Å². The van der Waals surface area contributed by atoms with E-state index in [0.29, 0.717) is 16.5 Å². The molecule has 0 bridgehead atoms. The van der Waals surface area contributed by atoms with Crippen LogP contribution in [0.4, 0.5) is 5.69 Å². The van der Waals surface area contributed by atoms with E-state index in [1.807, 2.05) is 54.6 Å². The summed E-state index contributed by atoms with van der Waals surface area (Å²) < 4.78 is 5.75. The molecule has 0 aliphatic rings. The summed E-state index contributed by atoms with van der Waals surface area (Å²) in [6.07, 6.45) is 0. The molecule has 0 saturated heterocycles. The van der Waals surface area contributed by atoms with E-state index in [1.54, 1.807) is 24.3 Å². The monoisotopic (exact) mass is 352 g/mol. The third-order valence-electron chi connectivity index (χ3n) is 3.65. The van der Waals surface area contributed by atoms with Crippen LogP contribution in [0.3, 0.4) is 0 Å². The van der Waals surface area contributed by atoms with Crippen molar-refractivity contribution in [1.82, 2.24) is 0 Å². The SMILES string of the molecule is NC(=O)[C@@H](Nc1ccc(Oc2ccccc2Cl)cc1)c1ccccc1. The number of rotatable bonds is 6. The number of hydrogen-bond acceptors (Lipinski definition) is 3. The molecule has 0 radical (unpaired) electrons. The van der Waals surface area contributed by atoms with Crippen LogP contribution in [0, 0.1) is 0 Å². The zero-order valence-corrected chi connectivity index (χ0v) is 14.1. The first-order valence-electron chi connectivity index (χ1n) is 7.77. The molecule has 3 aromatic carbocycles. The van der Waals surface area contributed by atoms with E-state index in [9.17, 15) is 4.79 Å². The Morgan fingerprint density at radius 2 is 1.56 bits per heavy atom. The molecule has 0 heterocycles. The summed E-state index contributed by atoms with van der Waals surface area (Å²) in [5, 5.41) is 3.69. The van der Waals surface area contributed by atoms with Crippen molar-refractivity contribution >= 4 is 23.2 Å². The van der Waals surface area contributed by atoms with Crippen LogP contribution >= 0.6 is 11.6 Å². The third-order valence-corrected chi connectivity index (χ3v) is 3.96. The first-order chi connectivity index (χ1) is 12.1. The zero-order valence-electron chi connectivity index (χ0n) is 13.4. The van der Waals surface area contributed by atoms with Crippen LogP contribution in [0.2, 0.25) is 5.02 Å². The number of ether oxygens (including phenoxy) is 1. The van der Waals surface area contributed by atoms with E-state index in [1.165, 1.54) is 0 Å². The minimum atomic E-state index is -0.600. The number of amides is 1. The summed E-state index contributed by atoms with van der Waals surface area (Å²) in [7, 11) is 0. The molecular weight excluding hydrogens is 336 g/mol. The molecule has 0 unspecified atom stereocenters. The molecule has 3 rings (SSSR count). The Kier molecular flexibility index (Phi) is 5.21. The molecule has 0 fully saturated rings. The molecular formula is C20H17ClN2O2. The van der Waals surface area contributed by atoms with Gasteiger partial charge < -0.3 is 15.8 Å². The average molecular weight is 353 g/mol. The maximum absolute atomic E-state index is 11.8. The second-order valence-electron chi connectivity index (χ2n) is 5.45. The Hall–Kier alpha value is -2.98. The molecule has 3 N–H and O–H groups in total. The maximum Gasteiger partial charge on any atom is 0.244 e. The van der Waals surface area contributed by atoms with Crippen molar-refractivity contribution in [3.63, 3.8) is 0 Å². The molecule has 0 aromatic heterocycles. The highest BCUT2D eigenvalue weighted by Crippen LogP contribution is 2.30. The molecule has 25 heavy (non-hydrogen) atoms. The summed E-state index contributed by atoms with van der Waals surface area (Å²) in [5.41, 5.74) is 7.10. The highest BCUT2D eigenvalue weighted by atomic mass is 35.5. The number of para-hydroxylation sites is 1. The number of halogens is 1. The van der Waals surface area contributed by atoms with E-state index >= 15 is 0 Å². The number of primary amides is 1. The lowest BCUT2D eigenvalue weighted by Crippen LogP contribution is -2.27. The number of anilines is 1. The zero-order chi connectivity index (χ0) is 17.6. The van der Waals surface area contributed by atoms with Gasteiger partial charge in [0.2, 0.25) is 5.91 Å². The van der Waals surface area contributed by atoms with Crippen LogP contribution < -0.4 is 15.8 Å². The second-order valence-corrected chi connectivity index (χ2v) is 5.85. The smallest absolute Gasteiger partial charge is 0.244 e. The van der Waals surface area contributed by atoms with Crippen molar-refractivity contribution in [3.05, 3.63) is 89.4 Å². The molecule has 0 aliphatic heterocycles. The average Bonchev–Trinajstić information content (AvgIpc) is 2.63.